The molecule has 0 bridgehead atoms. The summed E-state index contributed by atoms with van der Waals surface area (Å²) in [5, 5.41) is 7.12. The Kier molecular flexibility index (Phi) is 5.30. The van der Waals surface area contributed by atoms with E-state index in [2.05, 4.69) is 20.6 Å². The minimum absolute atomic E-state index is 0.134. The van der Waals surface area contributed by atoms with Crippen molar-refractivity contribution in [3.63, 3.8) is 0 Å². The number of hydrogen-bond donors (Lipinski definition) is 2. The maximum atomic E-state index is 13.8. The first kappa shape index (κ1) is 16.7. The monoisotopic (exact) mass is 346 g/mol. The molecule has 0 spiro atoms. The first-order valence-corrected chi connectivity index (χ1v) is 8.37. The molecule has 0 aliphatic heterocycles. The molecule has 1 aliphatic rings. The van der Waals surface area contributed by atoms with E-state index in [1.54, 1.807) is 25.4 Å². The summed E-state index contributed by atoms with van der Waals surface area (Å²) in [6.45, 7) is 0.736. The minimum atomic E-state index is -0.134. The molecule has 0 radical (unpaired) electrons. The van der Waals surface area contributed by atoms with Gasteiger partial charge in [0.2, 0.25) is 0 Å². The fraction of sp³-hybridized carbons (Fsp3) is 0.333. The van der Waals surface area contributed by atoms with E-state index in [0.29, 0.717) is 5.15 Å². The highest BCUT2D eigenvalue weighted by molar-refractivity contribution is 6.29. The number of benzene rings is 1. The molecule has 1 heterocycles. The topological polar surface area (TPSA) is 49.3 Å². The Morgan fingerprint density at radius 1 is 1.33 bits per heavy atom. The lowest BCUT2D eigenvalue weighted by atomic mass is 10.1. The molecule has 126 valence electrons. The van der Waals surface area contributed by atoms with Crippen LogP contribution in [-0.4, -0.2) is 30.6 Å². The van der Waals surface area contributed by atoms with Crippen molar-refractivity contribution < 1.29 is 4.39 Å². The van der Waals surface area contributed by atoms with Crippen molar-refractivity contribution >= 4 is 17.6 Å². The molecule has 24 heavy (non-hydrogen) atoms. The second-order valence-corrected chi connectivity index (χ2v) is 6.24. The third-order valence-electron chi connectivity index (χ3n) is 4.14. The second kappa shape index (κ2) is 7.62. The first-order chi connectivity index (χ1) is 11.7. The van der Waals surface area contributed by atoms with Crippen LogP contribution in [0.15, 0.2) is 47.6 Å². The van der Waals surface area contributed by atoms with Crippen LogP contribution in [0.25, 0.3) is 0 Å². The van der Waals surface area contributed by atoms with Crippen molar-refractivity contribution in [2.45, 2.75) is 24.8 Å². The molecule has 0 saturated heterocycles. The zero-order chi connectivity index (χ0) is 16.9. The van der Waals surface area contributed by atoms with Gasteiger partial charge in [0.05, 0.1) is 0 Å². The summed E-state index contributed by atoms with van der Waals surface area (Å²) in [7, 11) is 1.74. The molecule has 2 aromatic rings. The first-order valence-electron chi connectivity index (χ1n) is 7.99. The highest BCUT2D eigenvalue weighted by atomic mass is 35.5. The van der Waals surface area contributed by atoms with E-state index in [9.17, 15) is 4.39 Å². The summed E-state index contributed by atoms with van der Waals surface area (Å²) in [4.78, 5) is 8.29. The molecule has 1 saturated carbocycles. The van der Waals surface area contributed by atoms with Crippen LogP contribution in [0.4, 0.5) is 4.39 Å². The maximum Gasteiger partial charge on any atom is 0.191 e. The van der Waals surface area contributed by atoms with E-state index in [4.69, 9.17) is 11.6 Å². The smallest absolute Gasteiger partial charge is 0.191 e. The largest absolute Gasteiger partial charge is 0.356 e. The zero-order valence-electron chi connectivity index (χ0n) is 13.5. The lowest BCUT2D eigenvalue weighted by molar-refractivity contribution is 0.607. The van der Waals surface area contributed by atoms with Crippen LogP contribution in [0.1, 0.15) is 23.5 Å². The second-order valence-electron chi connectivity index (χ2n) is 5.85. The van der Waals surface area contributed by atoms with Gasteiger partial charge in [0, 0.05) is 31.7 Å². The van der Waals surface area contributed by atoms with Crippen LogP contribution in [0.3, 0.4) is 0 Å². The van der Waals surface area contributed by atoms with Crippen molar-refractivity contribution in [1.29, 1.82) is 0 Å². The van der Waals surface area contributed by atoms with E-state index in [0.717, 1.165) is 36.5 Å². The number of halogens is 2. The molecule has 0 amide bonds. The third kappa shape index (κ3) is 4.23. The Labute approximate surface area is 146 Å². The zero-order valence-corrected chi connectivity index (χ0v) is 14.2. The number of aliphatic imine (C=N–C) groups is 1. The van der Waals surface area contributed by atoms with Gasteiger partial charge in [0.1, 0.15) is 11.0 Å². The minimum Gasteiger partial charge on any atom is -0.356 e. The van der Waals surface area contributed by atoms with Gasteiger partial charge in [-0.05, 0) is 36.1 Å². The number of aromatic nitrogens is 1. The van der Waals surface area contributed by atoms with Gasteiger partial charge >= 0.3 is 0 Å². The van der Waals surface area contributed by atoms with Gasteiger partial charge in [0.15, 0.2) is 5.96 Å². The van der Waals surface area contributed by atoms with Gasteiger partial charge in [0.25, 0.3) is 0 Å². The van der Waals surface area contributed by atoms with E-state index in [-0.39, 0.29) is 17.8 Å². The molecule has 2 N–H and O–H groups in total. The van der Waals surface area contributed by atoms with E-state index >= 15 is 0 Å². The summed E-state index contributed by atoms with van der Waals surface area (Å²) in [6.07, 6.45) is 3.52. The summed E-state index contributed by atoms with van der Waals surface area (Å²) in [6, 6.07) is 10.9. The Morgan fingerprint density at radius 3 is 2.88 bits per heavy atom. The summed E-state index contributed by atoms with van der Waals surface area (Å²) >= 11 is 5.78. The van der Waals surface area contributed by atoms with Gasteiger partial charge < -0.3 is 10.6 Å². The SMILES string of the molecule is CN=C(NCCc1ccc(Cl)nc1)NC1CC1c1ccccc1F. The predicted molar refractivity (Wildman–Crippen MR) is 95.0 cm³/mol. The predicted octanol–water partition coefficient (Wildman–Crippen LogP) is 3.14. The van der Waals surface area contributed by atoms with Crippen LogP contribution in [-0.2, 0) is 6.42 Å². The van der Waals surface area contributed by atoms with Crippen LogP contribution < -0.4 is 10.6 Å². The third-order valence-corrected chi connectivity index (χ3v) is 4.36. The van der Waals surface area contributed by atoms with Crippen LogP contribution in [0.5, 0.6) is 0 Å². The number of rotatable bonds is 5. The molecule has 1 fully saturated rings. The molecule has 1 aromatic carbocycles. The average Bonchev–Trinajstić information content (AvgIpc) is 3.35. The van der Waals surface area contributed by atoms with Crippen molar-refractivity contribution in [3.8, 4) is 0 Å². The van der Waals surface area contributed by atoms with Crippen molar-refractivity contribution in [2.24, 2.45) is 4.99 Å². The van der Waals surface area contributed by atoms with Gasteiger partial charge in [-0.15, -0.1) is 0 Å². The van der Waals surface area contributed by atoms with Gasteiger partial charge in [-0.25, -0.2) is 9.37 Å². The average molecular weight is 347 g/mol. The lowest BCUT2D eigenvalue weighted by Gasteiger charge is -2.12. The fourth-order valence-corrected chi connectivity index (χ4v) is 2.84. The molecule has 1 aliphatic carbocycles. The number of hydrogen-bond acceptors (Lipinski definition) is 2. The number of pyridine rings is 1. The Hall–Kier alpha value is -2.14. The molecular formula is C18H20ClFN4. The summed E-state index contributed by atoms with van der Waals surface area (Å²) in [5.74, 6) is 0.816. The van der Waals surface area contributed by atoms with Crippen LogP contribution in [0, 0.1) is 5.82 Å². The van der Waals surface area contributed by atoms with Crippen molar-refractivity contribution in [1.82, 2.24) is 15.6 Å². The quantitative estimate of drug-likeness (QED) is 0.497. The fourth-order valence-electron chi connectivity index (χ4n) is 2.72. The van der Waals surface area contributed by atoms with Crippen molar-refractivity contribution in [3.05, 3.63) is 64.7 Å². The van der Waals surface area contributed by atoms with Gasteiger partial charge in [-0.1, -0.05) is 35.9 Å². The number of nitrogens with zero attached hydrogens (tertiary/aromatic N) is 2. The molecule has 2 atom stereocenters. The Balaban J connectivity index is 1.46. The van der Waals surface area contributed by atoms with Crippen LogP contribution >= 0.6 is 11.6 Å². The maximum absolute atomic E-state index is 13.8. The standard InChI is InChI=1S/C18H20ClFN4/c1-21-18(22-9-8-12-6-7-17(19)23-11-12)24-16-10-14(16)13-4-2-3-5-15(13)20/h2-7,11,14,16H,8-10H2,1H3,(H2,21,22,24). The molecule has 6 heteroatoms. The molecule has 2 unspecified atom stereocenters. The highest BCUT2D eigenvalue weighted by Crippen LogP contribution is 2.41. The van der Waals surface area contributed by atoms with E-state index in [1.807, 2.05) is 18.2 Å². The Morgan fingerprint density at radius 2 is 2.17 bits per heavy atom. The Bertz CT molecular complexity index is 717. The number of guanidine groups is 1. The van der Waals surface area contributed by atoms with Crippen LogP contribution in [0.2, 0.25) is 5.15 Å². The number of nitrogens with one attached hydrogen (secondary N) is 2. The summed E-state index contributed by atoms with van der Waals surface area (Å²) in [5.41, 5.74) is 1.88. The lowest BCUT2D eigenvalue weighted by Crippen LogP contribution is -2.40. The van der Waals surface area contributed by atoms with E-state index < -0.39 is 0 Å². The van der Waals surface area contributed by atoms with Gasteiger partial charge in [-0.3, -0.25) is 4.99 Å². The molecule has 1 aromatic heterocycles. The van der Waals surface area contributed by atoms with Gasteiger partial charge in [-0.2, -0.15) is 0 Å². The van der Waals surface area contributed by atoms with E-state index in [1.165, 1.54) is 6.07 Å². The van der Waals surface area contributed by atoms with Crippen molar-refractivity contribution in [2.75, 3.05) is 13.6 Å². The summed E-state index contributed by atoms with van der Waals surface area (Å²) < 4.78 is 13.8. The molecular weight excluding hydrogens is 327 g/mol. The normalized spacial score (nSPS) is 19.9. The molecule has 3 rings (SSSR count). The highest BCUT2D eigenvalue weighted by Gasteiger charge is 2.40. The molecule has 4 nitrogen and oxygen atoms in total.